The molecule has 0 saturated carbocycles. The van der Waals surface area contributed by atoms with Gasteiger partial charge in [0.1, 0.15) is 0 Å². The molecule has 5 nitrogen and oxygen atoms in total. The summed E-state index contributed by atoms with van der Waals surface area (Å²) in [6, 6.07) is 15.4. The monoisotopic (exact) mass is 417 g/mol. The van der Waals surface area contributed by atoms with Gasteiger partial charge in [-0.2, -0.15) is 0 Å². The van der Waals surface area contributed by atoms with Crippen LogP contribution in [0.15, 0.2) is 53.0 Å². The van der Waals surface area contributed by atoms with E-state index in [0.29, 0.717) is 6.54 Å². The molecule has 1 N–H and O–H groups in total. The Kier molecular flexibility index (Phi) is 7.21. The van der Waals surface area contributed by atoms with Crippen LogP contribution in [0.1, 0.15) is 12.5 Å². The highest BCUT2D eigenvalue weighted by Crippen LogP contribution is 2.20. The van der Waals surface area contributed by atoms with Gasteiger partial charge in [0, 0.05) is 29.4 Å². The summed E-state index contributed by atoms with van der Waals surface area (Å²) < 4.78 is 0.959. The molecular formula is C20H24BrN3O2. The van der Waals surface area contributed by atoms with E-state index < -0.39 is 0 Å². The molecule has 0 fully saturated rings. The molecule has 0 radical (unpaired) electrons. The number of anilines is 2. The fraction of sp³-hybridized carbons (Fsp3) is 0.300. The number of nitrogens with one attached hydrogen (secondary N) is 1. The predicted octanol–water partition coefficient (Wildman–Crippen LogP) is 3.68. The SMILES string of the molecule is CCN(CC(=O)N(C)CC(=O)Nc1ccc(Br)cc1C)c1ccccc1. The van der Waals surface area contributed by atoms with Crippen LogP contribution < -0.4 is 10.2 Å². The van der Waals surface area contributed by atoms with Gasteiger partial charge in [0.25, 0.3) is 0 Å². The quantitative estimate of drug-likeness (QED) is 0.747. The summed E-state index contributed by atoms with van der Waals surface area (Å²) in [5.74, 6) is -0.313. The van der Waals surface area contributed by atoms with Crippen molar-refractivity contribution >= 4 is 39.1 Å². The largest absolute Gasteiger partial charge is 0.362 e. The smallest absolute Gasteiger partial charge is 0.243 e. The van der Waals surface area contributed by atoms with Crippen molar-refractivity contribution in [1.82, 2.24) is 4.90 Å². The van der Waals surface area contributed by atoms with Gasteiger partial charge in [-0.05, 0) is 49.7 Å². The van der Waals surface area contributed by atoms with Gasteiger partial charge in [-0.25, -0.2) is 0 Å². The average Bonchev–Trinajstić information content (AvgIpc) is 2.62. The third-order valence-corrected chi connectivity index (χ3v) is 4.59. The number of nitrogens with zero attached hydrogens (tertiary/aromatic N) is 2. The first kappa shape index (κ1) is 20.0. The minimum atomic E-state index is -0.214. The van der Waals surface area contributed by atoms with Crippen LogP contribution in [0, 0.1) is 6.92 Å². The van der Waals surface area contributed by atoms with Gasteiger partial charge < -0.3 is 15.1 Å². The first-order valence-corrected chi connectivity index (χ1v) is 9.30. The Morgan fingerprint density at radius 1 is 1.08 bits per heavy atom. The molecule has 0 atom stereocenters. The highest BCUT2D eigenvalue weighted by Gasteiger charge is 2.17. The van der Waals surface area contributed by atoms with Crippen molar-refractivity contribution in [3.63, 3.8) is 0 Å². The van der Waals surface area contributed by atoms with Gasteiger partial charge in [0.15, 0.2) is 0 Å². The standard InChI is InChI=1S/C20H24BrN3O2/c1-4-24(17-8-6-5-7-9-17)14-20(26)23(3)13-19(25)22-18-11-10-16(21)12-15(18)2/h5-12H,4,13-14H2,1-3H3,(H,22,25). The molecule has 0 aromatic heterocycles. The van der Waals surface area contributed by atoms with E-state index in [1.807, 2.05) is 67.3 Å². The Morgan fingerprint density at radius 3 is 2.38 bits per heavy atom. The second-order valence-corrected chi connectivity index (χ2v) is 7.02. The number of hydrogen-bond donors (Lipinski definition) is 1. The van der Waals surface area contributed by atoms with Gasteiger partial charge in [-0.3, -0.25) is 9.59 Å². The maximum Gasteiger partial charge on any atom is 0.243 e. The molecule has 6 heteroatoms. The van der Waals surface area contributed by atoms with E-state index >= 15 is 0 Å². The van der Waals surface area contributed by atoms with Crippen LogP contribution in [0.25, 0.3) is 0 Å². The molecule has 0 aliphatic carbocycles. The number of rotatable bonds is 7. The van der Waals surface area contributed by atoms with E-state index in [-0.39, 0.29) is 24.9 Å². The predicted molar refractivity (Wildman–Crippen MR) is 109 cm³/mol. The van der Waals surface area contributed by atoms with Crippen molar-refractivity contribution in [1.29, 1.82) is 0 Å². The third-order valence-electron chi connectivity index (χ3n) is 4.10. The summed E-state index contributed by atoms with van der Waals surface area (Å²) in [5.41, 5.74) is 2.70. The van der Waals surface area contributed by atoms with Crippen LogP contribution in [-0.2, 0) is 9.59 Å². The second kappa shape index (κ2) is 9.38. The lowest BCUT2D eigenvalue weighted by atomic mass is 10.2. The van der Waals surface area contributed by atoms with E-state index in [1.165, 1.54) is 4.90 Å². The van der Waals surface area contributed by atoms with Crippen LogP contribution >= 0.6 is 15.9 Å². The van der Waals surface area contributed by atoms with E-state index in [1.54, 1.807) is 7.05 Å². The van der Waals surface area contributed by atoms with Crippen molar-refractivity contribution in [2.45, 2.75) is 13.8 Å². The number of benzene rings is 2. The Bertz CT molecular complexity index is 765. The fourth-order valence-electron chi connectivity index (χ4n) is 2.57. The van der Waals surface area contributed by atoms with E-state index in [2.05, 4.69) is 21.2 Å². The number of likely N-dealkylation sites (N-methyl/N-ethyl adjacent to an activating group) is 2. The number of para-hydroxylation sites is 1. The molecule has 138 valence electrons. The highest BCUT2D eigenvalue weighted by molar-refractivity contribution is 9.10. The van der Waals surface area contributed by atoms with Crippen LogP contribution in [0.3, 0.4) is 0 Å². The normalized spacial score (nSPS) is 10.3. The molecular weight excluding hydrogens is 394 g/mol. The second-order valence-electron chi connectivity index (χ2n) is 6.11. The number of carbonyl (C=O) groups excluding carboxylic acids is 2. The van der Waals surface area contributed by atoms with E-state index in [0.717, 1.165) is 21.4 Å². The first-order chi connectivity index (χ1) is 12.4. The summed E-state index contributed by atoms with van der Waals surface area (Å²) >= 11 is 3.40. The molecule has 2 aromatic carbocycles. The zero-order chi connectivity index (χ0) is 19.1. The summed E-state index contributed by atoms with van der Waals surface area (Å²) in [6.07, 6.45) is 0. The number of carbonyl (C=O) groups is 2. The number of aryl methyl sites for hydroxylation is 1. The van der Waals surface area contributed by atoms with Crippen LogP contribution in [0.2, 0.25) is 0 Å². The summed E-state index contributed by atoms with van der Waals surface area (Å²) in [4.78, 5) is 28.2. The summed E-state index contributed by atoms with van der Waals surface area (Å²) in [5, 5.41) is 2.85. The molecule has 2 amide bonds. The van der Waals surface area contributed by atoms with Crippen LogP contribution in [0.5, 0.6) is 0 Å². The highest BCUT2D eigenvalue weighted by atomic mass is 79.9. The zero-order valence-corrected chi connectivity index (χ0v) is 16.9. The van der Waals surface area contributed by atoms with Crippen molar-refractivity contribution in [2.75, 3.05) is 36.9 Å². The van der Waals surface area contributed by atoms with Crippen molar-refractivity contribution in [3.8, 4) is 0 Å². The Morgan fingerprint density at radius 2 is 1.77 bits per heavy atom. The Hall–Kier alpha value is -2.34. The lowest BCUT2D eigenvalue weighted by Gasteiger charge is -2.25. The van der Waals surface area contributed by atoms with Crippen LogP contribution in [0.4, 0.5) is 11.4 Å². The Balaban J connectivity index is 1.92. The van der Waals surface area contributed by atoms with E-state index in [4.69, 9.17) is 0 Å². The topological polar surface area (TPSA) is 52.7 Å². The molecule has 0 aliphatic rings. The third kappa shape index (κ3) is 5.59. The molecule has 0 aliphatic heterocycles. The van der Waals surface area contributed by atoms with Crippen molar-refractivity contribution < 1.29 is 9.59 Å². The maximum atomic E-state index is 12.5. The average molecular weight is 418 g/mol. The summed E-state index contributed by atoms with van der Waals surface area (Å²) in [7, 11) is 1.65. The minimum Gasteiger partial charge on any atom is -0.362 e. The Labute approximate surface area is 163 Å². The maximum absolute atomic E-state index is 12.5. The molecule has 2 rings (SSSR count). The summed E-state index contributed by atoms with van der Waals surface area (Å²) in [6.45, 7) is 4.90. The number of amides is 2. The van der Waals surface area contributed by atoms with Gasteiger partial charge in [-0.15, -0.1) is 0 Å². The molecule has 0 heterocycles. The molecule has 2 aromatic rings. The fourth-order valence-corrected chi connectivity index (χ4v) is 3.04. The van der Waals surface area contributed by atoms with Crippen molar-refractivity contribution in [3.05, 3.63) is 58.6 Å². The van der Waals surface area contributed by atoms with Crippen LogP contribution in [-0.4, -0.2) is 43.4 Å². The molecule has 0 spiro atoms. The lowest BCUT2D eigenvalue weighted by molar-refractivity contribution is -0.132. The van der Waals surface area contributed by atoms with Gasteiger partial charge in [-0.1, -0.05) is 34.1 Å². The van der Waals surface area contributed by atoms with E-state index in [9.17, 15) is 9.59 Å². The van der Waals surface area contributed by atoms with Gasteiger partial charge >= 0.3 is 0 Å². The molecule has 0 unspecified atom stereocenters. The lowest BCUT2D eigenvalue weighted by Crippen LogP contribution is -2.41. The van der Waals surface area contributed by atoms with Gasteiger partial charge in [0.05, 0.1) is 13.1 Å². The number of halogens is 1. The van der Waals surface area contributed by atoms with Gasteiger partial charge in [0.2, 0.25) is 11.8 Å². The first-order valence-electron chi connectivity index (χ1n) is 8.50. The van der Waals surface area contributed by atoms with Crippen molar-refractivity contribution in [2.24, 2.45) is 0 Å². The minimum absolute atomic E-state index is 0.0146. The molecule has 0 saturated heterocycles. The molecule has 0 bridgehead atoms. The number of hydrogen-bond acceptors (Lipinski definition) is 3. The zero-order valence-electron chi connectivity index (χ0n) is 15.3. The molecule has 26 heavy (non-hydrogen) atoms.